The molecule has 6 heteroatoms. The number of thiophene rings is 1. The molecule has 0 fully saturated rings. The van der Waals surface area contributed by atoms with Gasteiger partial charge in [0.25, 0.3) is 0 Å². The zero-order chi connectivity index (χ0) is 13.8. The Hall–Kier alpha value is -1.40. The van der Waals surface area contributed by atoms with Crippen molar-refractivity contribution in [3.8, 4) is 0 Å². The van der Waals surface area contributed by atoms with Crippen molar-refractivity contribution in [3.05, 3.63) is 11.4 Å². The molecule has 3 N–H and O–H groups in total. The predicted octanol–water partition coefficient (Wildman–Crippen LogP) is 2.42. The van der Waals surface area contributed by atoms with E-state index in [0.29, 0.717) is 12.0 Å². The molecule has 5 nitrogen and oxygen atoms in total. The Kier molecular flexibility index (Phi) is 4.55. The van der Waals surface area contributed by atoms with Crippen molar-refractivity contribution in [1.29, 1.82) is 0 Å². The molecule has 0 aliphatic rings. The van der Waals surface area contributed by atoms with Crippen LogP contribution in [0.3, 0.4) is 0 Å². The standard InChI is InChI=1S/C13H21N5S/c1-9(2)18(3)7-4-6-15-11-10-5-8-19-12(10)17-13(14)16-11/h5,8-9H,4,6-7H2,1-3H3,(H3,14,15,16,17). The Labute approximate surface area is 117 Å². The largest absolute Gasteiger partial charge is 0.369 e. The zero-order valence-corrected chi connectivity index (χ0v) is 12.5. The van der Waals surface area contributed by atoms with Crippen molar-refractivity contribution < 1.29 is 0 Å². The van der Waals surface area contributed by atoms with Crippen LogP contribution in [0, 0.1) is 0 Å². The van der Waals surface area contributed by atoms with E-state index in [2.05, 4.69) is 41.1 Å². The molecular formula is C13H21N5S. The highest BCUT2D eigenvalue weighted by Crippen LogP contribution is 2.25. The Bertz CT molecular complexity index is 537. The SMILES string of the molecule is CC(C)N(C)CCCNc1nc(N)nc2sccc12. The van der Waals surface area contributed by atoms with Gasteiger partial charge in [-0.2, -0.15) is 4.98 Å². The summed E-state index contributed by atoms with van der Waals surface area (Å²) in [6, 6.07) is 2.61. The first-order valence-corrected chi connectivity index (χ1v) is 7.40. The fourth-order valence-electron chi connectivity index (χ4n) is 1.80. The lowest BCUT2D eigenvalue weighted by molar-refractivity contribution is 0.273. The lowest BCUT2D eigenvalue weighted by Gasteiger charge is -2.20. The molecule has 2 aromatic rings. The van der Waals surface area contributed by atoms with Gasteiger partial charge in [-0.3, -0.25) is 0 Å². The maximum absolute atomic E-state index is 5.71. The van der Waals surface area contributed by atoms with E-state index >= 15 is 0 Å². The molecule has 0 saturated heterocycles. The summed E-state index contributed by atoms with van der Waals surface area (Å²) < 4.78 is 0. The molecule has 0 radical (unpaired) electrons. The first kappa shape index (κ1) is 14.0. The van der Waals surface area contributed by atoms with Gasteiger partial charge in [-0.25, -0.2) is 4.98 Å². The van der Waals surface area contributed by atoms with E-state index in [1.54, 1.807) is 11.3 Å². The summed E-state index contributed by atoms with van der Waals surface area (Å²) in [4.78, 5) is 11.8. The summed E-state index contributed by atoms with van der Waals surface area (Å²) in [6.45, 7) is 6.36. The number of nitrogen functional groups attached to an aromatic ring is 1. The Morgan fingerprint density at radius 3 is 2.95 bits per heavy atom. The lowest BCUT2D eigenvalue weighted by atomic mass is 10.3. The number of nitrogens with zero attached hydrogens (tertiary/aromatic N) is 3. The molecule has 0 aromatic carbocycles. The minimum atomic E-state index is 0.330. The highest BCUT2D eigenvalue weighted by molar-refractivity contribution is 7.16. The van der Waals surface area contributed by atoms with Gasteiger partial charge in [-0.1, -0.05) is 0 Å². The van der Waals surface area contributed by atoms with Gasteiger partial charge in [0.05, 0.1) is 5.39 Å². The molecule has 0 amide bonds. The topological polar surface area (TPSA) is 67.1 Å². The predicted molar refractivity (Wildman–Crippen MR) is 82.7 cm³/mol. The van der Waals surface area contributed by atoms with Gasteiger partial charge in [0.1, 0.15) is 10.6 Å². The molecule has 2 heterocycles. The van der Waals surface area contributed by atoms with E-state index in [4.69, 9.17) is 5.73 Å². The second-order valence-electron chi connectivity index (χ2n) is 4.92. The fraction of sp³-hybridized carbons (Fsp3) is 0.538. The van der Waals surface area contributed by atoms with Crippen molar-refractivity contribution in [2.45, 2.75) is 26.3 Å². The van der Waals surface area contributed by atoms with Crippen molar-refractivity contribution in [2.24, 2.45) is 0 Å². The Morgan fingerprint density at radius 2 is 2.21 bits per heavy atom. The van der Waals surface area contributed by atoms with Crippen molar-refractivity contribution in [2.75, 3.05) is 31.2 Å². The quantitative estimate of drug-likeness (QED) is 0.795. The maximum atomic E-state index is 5.71. The monoisotopic (exact) mass is 279 g/mol. The highest BCUT2D eigenvalue weighted by atomic mass is 32.1. The highest BCUT2D eigenvalue weighted by Gasteiger charge is 2.07. The van der Waals surface area contributed by atoms with E-state index in [1.807, 2.05) is 11.4 Å². The van der Waals surface area contributed by atoms with Crippen LogP contribution in [0.15, 0.2) is 11.4 Å². The number of aromatic nitrogens is 2. The van der Waals surface area contributed by atoms with Crippen LogP contribution in [0.1, 0.15) is 20.3 Å². The minimum absolute atomic E-state index is 0.330. The molecule has 19 heavy (non-hydrogen) atoms. The molecular weight excluding hydrogens is 258 g/mol. The molecule has 2 aromatic heterocycles. The summed E-state index contributed by atoms with van der Waals surface area (Å²) in [6.07, 6.45) is 1.07. The average Bonchev–Trinajstić information content (AvgIpc) is 2.81. The number of nitrogens with one attached hydrogen (secondary N) is 1. The first-order chi connectivity index (χ1) is 9.08. The molecule has 0 aliphatic carbocycles. The number of hydrogen-bond donors (Lipinski definition) is 2. The molecule has 0 unspecified atom stereocenters. The van der Waals surface area contributed by atoms with Gasteiger partial charge in [-0.05, 0) is 45.3 Å². The molecule has 0 spiro atoms. The lowest BCUT2D eigenvalue weighted by Crippen LogP contribution is -2.28. The molecule has 2 rings (SSSR count). The zero-order valence-electron chi connectivity index (χ0n) is 11.7. The summed E-state index contributed by atoms with van der Waals surface area (Å²) >= 11 is 1.58. The summed E-state index contributed by atoms with van der Waals surface area (Å²) in [5.74, 6) is 1.17. The third-order valence-electron chi connectivity index (χ3n) is 3.20. The molecule has 0 bridgehead atoms. The van der Waals surface area contributed by atoms with Crippen LogP contribution in [0.25, 0.3) is 10.2 Å². The summed E-state index contributed by atoms with van der Waals surface area (Å²) in [7, 11) is 2.14. The second-order valence-corrected chi connectivity index (χ2v) is 5.82. The smallest absolute Gasteiger partial charge is 0.223 e. The Balaban J connectivity index is 1.93. The number of rotatable bonds is 6. The average molecular weight is 279 g/mol. The van der Waals surface area contributed by atoms with Crippen LogP contribution in [-0.2, 0) is 0 Å². The van der Waals surface area contributed by atoms with E-state index < -0.39 is 0 Å². The van der Waals surface area contributed by atoms with Crippen molar-refractivity contribution in [1.82, 2.24) is 14.9 Å². The van der Waals surface area contributed by atoms with Gasteiger partial charge in [0.15, 0.2) is 0 Å². The third-order valence-corrected chi connectivity index (χ3v) is 4.01. The van der Waals surface area contributed by atoms with Crippen LogP contribution >= 0.6 is 11.3 Å². The van der Waals surface area contributed by atoms with Gasteiger partial charge >= 0.3 is 0 Å². The fourth-order valence-corrected chi connectivity index (χ4v) is 2.57. The van der Waals surface area contributed by atoms with Gasteiger partial charge in [-0.15, -0.1) is 11.3 Å². The Morgan fingerprint density at radius 1 is 1.42 bits per heavy atom. The number of nitrogens with two attached hydrogens (primary N) is 1. The number of fused-ring (bicyclic) bond motifs is 1. The van der Waals surface area contributed by atoms with Crippen LogP contribution in [0.2, 0.25) is 0 Å². The van der Waals surface area contributed by atoms with Crippen LogP contribution < -0.4 is 11.1 Å². The van der Waals surface area contributed by atoms with Crippen LogP contribution in [0.4, 0.5) is 11.8 Å². The number of hydrogen-bond acceptors (Lipinski definition) is 6. The van der Waals surface area contributed by atoms with E-state index in [1.165, 1.54) is 0 Å². The van der Waals surface area contributed by atoms with E-state index in [-0.39, 0.29) is 0 Å². The normalized spacial score (nSPS) is 11.6. The van der Waals surface area contributed by atoms with Crippen LogP contribution in [-0.4, -0.2) is 41.0 Å². The maximum Gasteiger partial charge on any atom is 0.223 e. The van der Waals surface area contributed by atoms with E-state index in [0.717, 1.165) is 35.5 Å². The van der Waals surface area contributed by atoms with E-state index in [9.17, 15) is 0 Å². The number of anilines is 2. The minimum Gasteiger partial charge on any atom is -0.369 e. The van der Waals surface area contributed by atoms with Gasteiger partial charge in [0, 0.05) is 12.6 Å². The molecule has 0 atom stereocenters. The third kappa shape index (κ3) is 3.54. The molecule has 0 saturated carbocycles. The summed E-state index contributed by atoms with van der Waals surface area (Å²) in [5, 5.41) is 6.42. The van der Waals surface area contributed by atoms with Crippen LogP contribution in [0.5, 0.6) is 0 Å². The van der Waals surface area contributed by atoms with Crippen molar-refractivity contribution in [3.63, 3.8) is 0 Å². The van der Waals surface area contributed by atoms with Gasteiger partial charge < -0.3 is 16.0 Å². The molecule has 104 valence electrons. The summed E-state index contributed by atoms with van der Waals surface area (Å²) in [5.41, 5.74) is 5.71. The van der Waals surface area contributed by atoms with Gasteiger partial charge in [0.2, 0.25) is 5.95 Å². The second kappa shape index (κ2) is 6.16. The van der Waals surface area contributed by atoms with Crippen molar-refractivity contribution >= 4 is 33.3 Å². The molecule has 0 aliphatic heterocycles. The first-order valence-electron chi connectivity index (χ1n) is 6.52.